The molecule has 5 nitrogen and oxygen atoms in total. The largest absolute Gasteiger partial charge is 0.480 e. The second kappa shape index (κ2) is 8.29. The maximum absolute atomic E-state index is 10.7. The second-order valence-corrected chi connectivity index (χ2v) is 5.43. The number of hydrogen-bond donors (Lipinski definition) is 3. The van der Waals surface area contributed by atoms with E-state index in [4.69, 9.17) is 5.11 Å². The van der Waals surface area contributed by atoms with E-state index in [1.165, 1.54) is 32.1 Å². The maximum atomic E-state index is 10.7. The molecule has 0 bridgehead atoms. The van der Waals surface area contributed by atoms with E-state index in [1.807, 2.05) is 30.3 Å². The molecule has 1 aromatic rings. The smallest absolute Gasteiger partial charge is 0.325 e. The quantitative estimate of drug-likeness (QED) is 0.575. The molecule has 1 aliphatic carbocycles. The first-order valence-corrected chi connectivity index (χ1v) is 7.56. The number of hydrogen-bond acceptors (Lipinski definition) is 2. The number of benzene rings is 1. The molecule has 0 spiro atoms. The Labute approximate surface area is 125 Å². The van der Waals surface area contributed by atoms with E-state index < -0.39 is 5.97 Å². The molecule has 21 heavy (non-hydrogen) atoms. The number of rotatable bonds is 5. The van der Waals surface area contributed by atoms with Gasteiger partial charge in [0.15, 0.2) is 5.96 Å². The van der Waals surface area contributed by atoms with Crippen molar-refractivity contribution in [2.45, 2.75) is 32.1 Å². The number of nitrogens with zero attached hydrogens (tertiary/aromatic N) is 1. The van der Waals surface area contributed by atoms with Gasteiger partial charge in [-0.15, -0.1) is 0 Å². The summed E-state index contributed by atoms with van der Waals surface area (Å²) >= 11 is 0. The van der Waals surface area contributed by atoms with Gasteiger partial charge in [-0.05, 0) is 30.9 Å². The van der Waals surface area contributed by atoms with Gasteiger partial charge in [0.2, 0.25) is 0 Å². The number of para-hydroxylation sites is 1. The lowest BCUT2D eigenvalue weighted by molar-refractivity contribution is -0.135. The van der Waals surface area contributed by atoms with Crippen LogP contribution in [-0.2, 0) is 4.79 Å². The van der Waals surface area contributed by atoms with Crippen molar-refractivity contribution in [1.82, 2.24) is 5.32 Å². The molecule has 1 aliphatic rings. The summed E-state index contributed by atoms with van der Waals surface area (Å²) in [6.45, 7) is 0.616. The molecule has 0 heterocycles. The molecule has 5 heteroatoms. The maximum Gasteiger partial charge on any atom is 0.325 e. The Balaban J connectivity index is 1.91. The number of aliphatic carboxylic acids is 1. The average molecular weight is 289 g/mol. The number of aliphatic imine (C=N–C) groups is 1. The van der Waals surface area contributed by atoms with E-state index in [9.17, 15) is 4.79 Å². The first-order valence-electron chi connectivity index (χ1n) is 7.56. The Bertz CT molecular complexity index is 468. The topological polar surface area (TPSA) is 73.7 Å². The predicted octanol–water partition coefficient (Wildman–Crippen LogP) is 2.71. The van der Waals surface area contributed by atoms with Crippen LogP contribution in [0.1, 0.15) is 32.1 Å². The minimum Gasteiger partial charge on any atom is -0.480 e. The van der Waals surface area contributed by atoms with Crippen molar-refractivity contribution >= 4 is 17.6 Å². The summed E-state index contributed by atoms with van der Waals surface area (Å²) in [6, 6.07) is 9.66. The lowest BCUT2D eigenvalue weighted by atomic mass is 9.89. The molecule has 114 valence electrons. The zero-order valence-electron chi connectivity index (χ0n) is 12.2. The number of carboxylic acids is 1. The monoisotopic (exact) mass is 289 g/mol. The van der Waals surface area contributed by atoms with E-state index in [0.717, 1.165) is 12.2 Å². The molecule has 0 aliphatic heterocycles. The van der Waals surface area contributed by atoms with Crippen LogP contribution in [0, 0.1) is 5.92 Å². The molecule has 3 N–H and O–H groups in total. The standard InChI is InChI=1S/C16H23N3O2/c20-15(21)12-18-16(19-14-9-5-2-6-10-14)17-11-13-7-3-1-4-8-13/h2,5-6,9-10,13H,1,3-4,7-8,11-12H2,(H,20,21)(H2,17,18,19). The van der Waals surface area contributed by atoms with Crippen LogP contribution in [0.2, 0.25) is 0 Å². The van der Waals surface area contributed by atoms with Crippen LogP contribution in [0.4, 0.5) is 5.69 Å². The van der Waals surface area contributed by atoms with Crippen LogP contribution in [0.5, 0.6) is 0 Å². The molecule has 2 rings (SSSR count). The van der Waals surface area contributed by atoms with Gasteiger partial charge in [0.05, 0.1) is 0 Å². The van der Waals surface area contributed by atoms with E-state index in [0.29, 0.717) is 11.9 Å². The SMILES string of the molecule is O=C(O)CN=C(NCC1CCCCC1)Nc1ccccc1. The second-order valence-electron chi connectivity index (χ2n) is 5.43. The van der Waals surface area contributed by atoms with Gasteiger partial charge < -0.3 is 15.7 Å². The zero-order chi connectivity index (χ0) is 14.9. The zero-order valence-corrected chi connectivity index (χ0v) is 12.2. The summed E-state index contributed by atoms with van der Waals surface area (Å²) in [5, 5.41) is 15.2. The van der Waals surface area contributed by atoms with Gasteiger partial charge >= 0.3 is 5.97 Å². The molecule has 1 saturated carbocycles. The molecule has 0 amide bonds. The molecule has 0 unspecified atom stereocenters. The molecule has 0 saturated heterocycles. The van der Waals surface area contributed by atoms with Gasteiger partial charge in [-0.1, -0.05) is 37.5 Å². The highest BCUT2D eigenvalue weighted by atomic mass is 16.4. The third-order valence-electron chi connectivity index (χ3n) is 3.69. The average Bonchev–Trinajstić information content (AvgIpc) is 2.52. The summed E-state index contributed by atoms with van der Waals surface area (Å²) in [6.07, 6.45) is 6.40. The highest BCUT2D eigenvalue weighted by molar-refractivity contribution is 5.94. The van der Waals surface area contributed by atoms with E-state index in [-0.39, 0.29) is 6.54 Å². The molecule has 0 atom stereocenters. The third-order valence-corrected chi connectivity index (χ3v) is 3.69. The summed E-state index contributed by atoms with van der Waals surface area (Å²) in [7, 11) is 0. The molecular weight excluding hydrogens is 266 g/mol. The summed E-state index contributed by atoms with van der Waals surface area (Å²) in [5.74, 6) is 0.266. The summed E-state index contributed by atoms with van der Waals surface area (Å²) < 4.78 is 0. The number of anilines is 1. The first kappa shape index (κ1) is 15.4. The third kappa shape index (κ3) is 5.85. The van der Waals surface area contributed by atoms with E-state index in [1.54, 1.807) is 0 Å². The van der Waals surface area contributed by atoms with Crippen molar-refractivity contribution in [2.75, 3.05) is 18.4 Å². The van der Waals surface area contributed by atoms with Gasteiger partial charge in [-0.2, -0.15) is 0 Å². The minimum atomic E-state index is -0.929. The Morgan fingerprint density at radius 2 is 1.90 bits per heavy atom. The van der Waals surface area contributed by atoms with Crippen LogP contribution in [-0.4, -0.2) is 30.1 Å². The van der Waals surface area contributed by atoms with E-state index >= 15 is 0 Å². The lowest BCUT2D eigenvalue weighted by Gasteiger charge is -2.23. The number of guanidine groups is 1. The van der Waals surface area contributed by atoms with Crippen LogP contribution >= 0.6 is 0 Å². The molecule has 1 aromatic carbocycles. The van der Waals surface area contributed by atoms with Crippen molar-refractivity contribution < 1.29 is 9.90 Å². The van der Waals surface area contributed by atoms with Crippen molar-refractivity contribution in [3.63, 3.8) is 0 Å². The van der Waals surface area contributed by atoms with Gasteiger partial charge in [0.1, 0.15) is 6.54 Å². The normalized spacial score (nSPS) is 16.5. The molecule has 0 aromatic heterocycles. The Kier molecular flexibility index (Phi) is 6.06. The molecule has 0 radical (unpaired) electrons. The minimum absolute atomic E-state index is 0.229. The van der Waals surface area contributed by atoms with Gasteiger partial charge in [0.25, 0.3) is 0 Å². The number of nitrogens with one attached hydrogen (secondary N) is 2. The molecular formula is C16H23N3O2. The number of carbonyl (C=O) groups is 1. The highest BCUT2D eigenvalue weighted by Crippen LogP contribution is 2.22. The fourth-order valence-corrected chi connectivity index (χ4v) is 2.58. The number of carboxylic acid groups (broad SMARTS) is 1. The first-order chi connectivity index (χ1) is 10.2. The van der Waals surface area contributed by atoms with Crippen LogP contribution in [0.15, 0.2) is 35.3 Å². The van der Waals surface area contributed by atoms with Crippen LogP contribution < -0.4 is 10.6 Å². The van der Waals surface area contributed by atoms with Crippen LogP contribution in [0.3, 0.4) is 0 Å². The highest BCUT2D eigenvalue weighted by Gasteiger charge is 2.13. The Morgan fingerprint density at radius 3 is 2.57 bits per heavy atom. The Hall–Kier alpha value is -2.04. The van der Waals surface area contributed by atoms with Gasteiger partial charge in [0, 0.05) is 12.2 Å². The summed E-state index contributed by atoms with van der Waals surface area (Å²) in [5.41, 5.74) is 0.901. The van der Waals surface area contributed by atoms with Gasteiger partial charge in [-0.25, -0.2) is 4.99 Å². The lowest BCUT2D eigenvalue weighted by Crippen LogP contribution is -2.35. The van der Waals surface area contributed by atoms with Crippen molar-refractivity contribution in [2.24, 2.45) is 10.9 Å². The summed E-state index contributed by atoms with van der Waals surface area (Å²) in [4.78, 5) is 14.8. The molecule has 1 fully saturated rings. The van der Waals surface area contributed by atoms with Crippen LogP contribution in [0.25, 0.3) is 0 Å². The fraction of sp³-hybridized carbons (Fsp3) is 0.500. The predicted molar refractivity (Wildman–Crippen MR) is 84.6 cm³/mol. The fourth-order valence-electron chi connectivity index (χ4n) is 2.58. The van der Waals surface area contributed by atoms with E-state index in [2.05, 4.69) is 15.6 Å². The van der Waals surface area contributed by atoms with Gasteiger partial charge in [-0.3, -0.25) is 4.79 Å². The Morgan fingerprint density at radius 1 is 1.19 bits per heavy atom. The van der Waals surface area contributed by atoms with Crippen molar-refractivity contribution in [1.29, 1.82) is 0 Å². The van der Waals surface area contributed by atoms with Crippen molar-refractivity contribution in [3.05, 3.63) is 30.3 Å². The van der Waals surface area contributed by atoms with Crippen molar-refractivity contribution in [3.8, 4) is 0 Å².